The molecule has 1 aliphatic heterocycles. The van der Waals surface area contributed by atoms with Gasteiger partial charge < -0.3 is 15.4 Å². The number of anilines is 1. The van der Waals surface area contributed by atoms with Crippen LogP contribution >= 0.6 is 0 Å². The average molecular weight is 222 g/mol. The fraction of sp³-hybridized carbons (Fsp3) is 0.636. The molecule has 0 bridgehead atoms. The van der Waals surface area contributed by atoms with Gasteiger partial charge >= 0.3 is 0 Å². The van der Waals surface area contributed by atoms with E-state index in [1.807, 2.05) is 6.07 Å². The van der Waals surface area contributed by atoms with Gasteiger partial charge in [-0.2, -0.15) is 5.10 Å². The number of hydrogen-bond acceptors (Lipinski definition) is 5. The van der Waals surface area contributed by atoms with E-state index >= 15 is 0 Å². The van der Waals surface area contributed by atoms with Gasteiger partial charge in [-0.3, -0.25) is 0 Å². The quantitative estimate of drug-likeness (QED) is 0.791. The highest BCUT2D eigenvalue weighted by Crippen LogP contribution is 2.27. The smallest absolute Gasteiger partial charge is 0.156 e. The highest BCUT2D eigenvalue weighted by molar-refractivity contribution is 5.48. The van der Waals surface area contributed by atoms with Crippen molar-refractivity contribution >= 4 is 5.82 Å². The van der Waals surface area contributed by atoms with Gasteiger partial charge in [0.2, 0.25) is 0 Å². The first-order valence-electron chi connectivity index (χ1n) is 5.51. The standard InChI is InChI=1S/C11H18N4O/c1-11(2)8-16-6-5-15(11)10-9(7-12)3-4-13-14-10/h3-4H,5-8,12H2,1-2H3. The van der Waals surface area contributed by atoms with E-state index in [-0.39, 0.29) is 5.54 Å². The Labute approximate surface area is 95.6 Å². The van der Waals surface area contributed by atoms with Gasteiger partial charge in [0.25, 0.3) is 0 Å². The van der Waals surface area contributed by atoms with Crippen molar-refractivity contribution in [3.05, 3.63) is 17.8 Å². The zero-order valence-corrected chi connectivity index (χ0v) is 9.81. The molecule has 1 aliphatic rings. The number of rotatable bonds is 2. The van der Waals surface area contributed by atoms with Gasteiger partial charge in [-0.05, 0) is 19.9 Å². The van der Waals surface area contributed by atoms with Gasteiger partial charge in [-0.25, -0.2) is 0 Å². The number of morpholine rings is 1. The maximum Gasteiger partial charge on any atom is 0.156 e. The molecule has 1 aromatic rings. The highest BCUT2D eigenvalue weighted by atomic mass is 16.5. The molecule has 0 atom stereocenters. The molecule has 1 fully saturated rings. The number of ether oxygens (including phenoxy) is 1. The molecule has 2 rings (SSSR count). The lowest BCUT2D eigenvalue weighted by atomic mass is 10.0. The Morgan fingerprint density at radius 3 is 3.06 bits per heavy atom. The van der Waals surface area contributed by atoms with E-state index in [9.17, 15) is 0 Å². The highest BCUT2D eigenvalue weighted by Gasteiger charge is 2.32. The second-order valence-corrected chi connectivity index (χ2v) is 4.60. The molecule has 0 aliphatic carbocycles. The van der Waals surface area contributed by atoms with Gasteiger partial charge in [-0.1, -0.05) is 0 Å². The first-order chi connectivity index (χ1) is 7.65. The molecule has 0 aromatic carbocycles. The van der Waals surface area contributed by atoms with Crippen molar-refractivity contribution in [2.24, 2.45) is 5.73 Å². The second-order valence-electron chi connectivity index (χ2n) is 4.60. The van der Waals surface area contributed by atoms with Gasteiger partial charge in [0.15, 0.2) is 5.82 Å². The summed E-state index contributed by atoms with van der Waals surface area (Å²) in [5, 5.41) is 8.16. The zero-order chi connectivity index (χ0) is 11.6. The second kappa shape index (κ2) is 4.35. The minimum Gasteiger partial charge on any atom is -0.377 e. The Morgan fingerprint density at radius 1 is 1.56 bits per heavy atom. The Balaban J connectivity index is 2.34. The van der Waals surface area contributed by atoms with Crippen molar-refractivity contribution in [2.75, 3.05) is 24.7 Å². The van der Waals surface area contributed by atoms with Crippen LogP contribution in [0.1, 0.15) is 19.4 Å². The summed E-state index contributed by atoms with van der Waals surface area (Å²) in [6.45, 7) is 7.02. The Kier molecular flexibility index (Phi) is 3.07. The summed E-state index contributed by atoms with van der Waals surface area (Å²) in [5.74, 6) is 0.887. The number of aromatic nitrogens is 2. The lowest BCUT2D eigenvalue weighted by Crippen LogP contribution is -2.54. The van der Waals surface area contributed by atoms with Gasteiger partial charge in [0, 0.05) is 18.7 Å². The minimum atomic E-state index is -0.0573. The SMILES string of the molecule is CC1(C)COCCN1c1nnccc1CN. The first kappa shape index (κ1) is 11.3. The van der Waals surface area contributed by atoms with E-state index in [2.05, 4.69) is 28.9 Å². The van der Waals surface area contributed by atoms with Crippen molar-refractivity contribution < 1.29 is 4.74 Å². The summed E-state index contributed by atoms with van der Waals surface area (Å²) < 4.78 is 5.49. The maximum absolute atomic E-state index is 5.72. The Morgan fingerprint density at radius 2 is 2.38 bits per heavy atom. The molecule has 1 aromatic heterocycles. The third-order valence-corrected chi connectivity index (χ3v) is 2.90. The van der Waals surface area contributed by atoms with Crippen LogP contribution in [0.15, 0.2) is 12.3 Å². The summed E-state index contributed by atoms with van der Waals surface area (Å²) in [7, 11) is 0. The van der Waals surface area contributed by atoms with E-state index in [4.69, 9.17) is 10.5 Å². The summed E-state index contributed by atoms with van der Waals surface area (Å²) >= 11 is 0. The molecule has 2 heterocycles. The largest absolute Gasteiger partial charge is 0.377 e. The van der Waals surface area contributed by atoms with Crippen LogP contribution < -0.4 is 10.6 Å². The fourth-order valence-electron chi connectivity index (χ4n) is 1.99. The van der Waals surface area contributed by atoms with Crippen molar-refractivity contribution in [1.29, 1.82) is 0 Å². The number of nitrogens with two attached hydrogens (primary N) is 1. The van der Waals surface area contributed by atoms with Crippen LogP contribution in [0.3, 0.4) is 0 Å². The molecule has 1 saturated heterocycles. The lowest BCUT2D eigenvalue weighted by Gasteiger charge is -2.43. The molecule has 0 amide bonds. The van der Waals surface area contributed by atoms with Crippen LogP contribution in [0.25, 0.3) is 0 Å². The van der Waals surface area contributed by atoms with Crippen molar-refractivity contribution in [2.45, 2.75) is 25.9 Å². The van der Waals surface area contributed by atoms with Crippen molar-refractivity contribution in [1.82, 2.24) is 10.2 Å². The lowest BCUT2D eigenvalue weighted by molar-refractivity contribution is 0.0637. The third-order valence-electron chi connectivity index (χ3n) is 2.90. The molecular weight excluding hydrogens is 204 g/mol. The van der Waals surface area contributed by atoms with Crippen LogP contribution in [0.5, 0.6) is 0 Å². The molecule has 0 radical (unpaired) electrons. The van der Waals surface area contributed by atoms with Gasteiger partial charge in [0.1, 0.15) is 0 Å². The predicted molar refractivity (Wildman–Crippen MR) is 62.2 cm³/mol. The summed E-state index contributed by atoms with van der Waals surface area (Å²) in [4.78, 5) is 2.23. The third kappa shape index (κ3) is 2.01. The maximum atomic E-state index is 5.72. The molecule has 5 heteroatoms. The molecular formula is C11H18N4O. The monoisotopic (exact) mass is 222 g/mol. The first-order valence-corrected chi connectivity index (χ1v) is 5.51. The minimum absolute atomic E-state index is 0.0573. The molecule has 88 valence electrons. The molecule has 0 spiro atoms. The summed E-state index contributed by atoms with van der Waals surface area (Å²) in [6.07, 6.45) is 1.68. The van der Waals surface area contributed by atoms with E-state index in [0.29, 0.717) is 13.2 Å². The van der Waals surface area contributed by atoms with Crippen LogP contribution in [-0.4, -0.2) is 35.5 Å². The molecule has 16 heavy (non-hydrogen) atoms. The van der Waals surface area contributed by atoms with E-state index in [1.54, 1.807) is 6.20 Å². The van der Waals surface area contributed by atoms with Crippen LogP contribution in [0.2, 0.25) is 0 Å². The van der Waals surface area contributed by atoms with Crippen molar-refractivity contribution in [3.63, 3.8) is 0 Å². The molecule has 0 saturated carbocycles. The summed E-state index contributed by atoms with van der Waals surface area (Å²) in [5.41, 5.74) is 6.70. The zero-order valence-electron chi connectivity index (χ0n) is 9.81. The number of nitrogens with zero attached hydrogens (tertiary/aromatic N) is 3. The van der Waals surface area contributed by atoms with Gasteiger partial charge in [0.05, 0.1) is 24.9 Å². The van der Waals surface area contributed by atoms with Gasteiger partial charge in [-0.15, -0.1) is 5.10 Å². The van der Waals surface area contributed by atoms with E-state index < -0.39 is 0 Å². The van der Waals surface area contributed by atoms with Crippen LogP contribution in [0.4, 0.5) is 5.82 Å². The fourth-order valence-corrected chi connectivity index (χ4v) is 1.99. The van der Waals surface area contributed by atoms with Crippen LogP contribution in [0, 0.1) is 0 Å². The average Bonchev–Trinajstić information content (AvgIpc) is 2.28. The van der Waals surface area contributed by atoms with E-state index in [0.717, 1.165) is 24.5 Å². The normalized spacial score (nSPS) is 19.8. The molecule has 2 N–H and O–H groups in total. The van der Waals surface area contributed by atoms with Crippen molar-refractivity contribution in [3.8, 4) is 0 Å². The van der Waals surface area contributed by atoms with E-state index in [1.165, 1.54) is 0 Å². The predicted octanol–water partition coefficient (Wildman–Crippen LogP) is 0.551. The Hall–Kier alpha value is -1.20. The Bertz CT molecular complexity index is 367. The molecule has 0 unspecified atom stereocenters. The number of hydrogen-bond donors (Lipinski definition) is 1. The summed E-state index contributed by atoms with van der Waals surface area (Å²) in [6, 6.07) is 1.92. The molecule has 5 nitrogen and oxygen atoms in total. The topological polar surface area (TPSA) is 64.3 Å². The van der Waals surface area contributed by atoms with Crippen LogP contribution in [-0.2, 0) is 11.3 Å².